The van der Waals surface area contributed by atoms with E-state index in [0.717, 1.165) is 10.9 Å². The molecule has 1 aromatic carbocycles. The van der Waals surface area contributed by atoms with Crippen LogP contribution in [-0.2, 0) is 12.7 Å². The summed E-state index contributed by atoms with van der Waals surface area (Å²) in [6.07, 6.45) is -4.55. The highest BCUT2D eigenvalue weighted by Gasteiger charge is 2.34. The minimum absolute atomic E-state index is 0.0529. The molecular formula is C12H12F3N5. The van der Waals surface area contributed by atoms with Crippen molar-refractivity contribution in [2.75, 3.05) is 0 Å². The molecule has 20 heavy (non-hydrogen) atoms. The van der Waals surface area contributed by atoms with Crippen LogP contribution in [0.4, 0.5) is 13.2 Å². The lowest BCUT2D eigenvalue weighted by Gasteiger charge is -2.02. The first-order valence-corrected chi connectivity index (χ1v) is 5.68. The minimum Gasteiger partial charge on any atom is -0.382 e. The summed E-state index contributed by atoms with van der Waals surface area (Å²) in [7, 11) is 0. The summed E-state index contributed by atoms with van der Waals surface area (Å²) >= 11 is 0. The largest absolute Gasteiger partial charge is 0.435 e. The lowest BCUT2D eigenvalue weighted by atomic mass is 10.2. The lowest BCUT2D eigenvalue weighted by molar-refractivity contribution is -0.141. The fourth-order valence-electron chi connectivity index (χ4n) is 1.55. The van der Waals surface area contributed by atoms with E-state index in [4.69, 9.17) is 11.5 Å². The van der Waals surface area contributed by atoms with Gasteiger partial charge in [0.2, 0.25) is 0 Å². The standard InChI is InChI=1S/C12H12F3N5/c13-12(14,15)10-6-9(7-16)20(18-10)19-11(17)8-4-2-1-3-5-8/h1-6H,7,16H2,(H2,17,19). The Kier molecular flexibility index (Phi) is 3.75. The van der Waals surface area contributed by atoms with E-state index in [0.29, 0.717) is 5.56 Å². The molecule has 0 bridgehead atoms. The van der Waals surface area contributed by atoms with E-state index in [9.17, 15) is 13.2 Å². The third kappa shape index (κ3) is 2.97. The molecule has 8 heteroatoms. The van der Waals surface area contributed by atoms with Gasteiger partial charge in [-0.25, -0.2) is 0 Å². The molecule has 106 valence electrons. The van der Waals surface area contributed by atoms with Crippen LogP contribution in [0.15, 0.2) is 41.5 Å². The summed E-state index contributed by atoms with van der Waals surface area (Å²) in [5.74, 6) is 0.0529. The van der Waals surface area contributed by atoms with Crippen LogP contribution in [0.3, 0.4) is 0 Å². The van der Waals surface area contributed by atoms with Gasteiger partial charge >= 0.3 is 6.18 Å². The monoisotopic (exact) mass is 283 g/mol. The Morgan fingerprint density at radius 2 is 1.90 bits per heavy atom. The molecule has 2 aromatic rings. The molecule has 1 heterocycles. The fraction of sp³-hybridized carbons (Fsp3) is 0.167. The second kappa shape index (κ2) is 5.33. The number of nitrogens with zero attached hydrogens (tertiary/aromatic N) is 3. The summed E-state index contributed by atoms with van der Waals surface area (Å²) < 4.78 is 37.7. The average molecular weight is 283 g/mol. The molecular weight excluding hydrogens is 271 g/mol. The molecule has 0 fully saturated rings. The molecule has 4 N–H and O–H groups in total. The van der Waals surface area contributed by atoms with E-state index in [2.05, 4.69) is 10.2 Å². The van der Waals surface area contributed by atoms with Crippen molar-refractivity contribution in [2.45, 2.75) is 12.7 Å². The van der Waals surface area contributed by atoms with Crippen molar-refractivity contribution in [3.63, 3.8) is 0 Å². The number of nitrogens with two attached hydrogens (primary N) is 2. The number of benzene rings is 1. The van der Waals surface area contributed by atoms with Crippen LogP contribution in [0.25, 0.3) is 0 Å². The second-order valence-electron chi connectivity index (χ2n) is 3.96. The lowest BCUT2D eigenvalue weighted by Crippen LogP contribution is -2.17. The van der Waals surface area contributed by atoms with Crippen molar-refractivity contribution < 1.29 is 13.2 Å². The Morgan fingerprint density at radius 1 is 1.25 bits per heavy atom. The Hall–Kier alpha value is -2.35. The summed E-state index contributed by atoms with van der Waals surface area (Å²) in [4.78, 5) is 0.811. The number of hydrogen-bond donors (Lipinski definition) is 2. The fourth-order valence-corrected chi connectivity index (χ4v) is 1.55. The van der Waals surface area contributed by atoms with Gasteiger partial charge in [0.05, 0.1) is 5.69 Å². The average Bonchev–Trinajstić information content (AvgIpc) is 2.82. The number of alkyl halides is 3. The number of amidine groups is 1. The molecule has 0 aliphatic carbocycles. The quantitative estimate of drug-likeness (QED) is 0.662. The molecule has 0 radical (unpaired) electrons. The molecule has 5 nitrogen and oxygen atoms in total. The highest BCUT2D eigenvalue weighted by atomic mass is 19.4. The van der Waals surface area contributed by atoms with Crippen LogP contribution < -0.4 is 11.5 Å². The highest BCUT2D eigenvalue weighted by molar-refractivity contribution is 5.97. The highest BCUT2D eigenvalue weighted by Crippen LogP contribution is 2.28. The molecule has 0 saturated heterocycles. The van der Waals surface area contributed by atoms with E-state index in [1.165, 1.54) is 0 Å². The van der Waals surface area contributed by atoms with Crippen molar-refractivity contribution >= 4 is 5.84 Å². The third-order valence-corrected chi connectivity index (χ3v) is 2.53. The molecule has 1 aromatic heterocycles. The molecule has 0 atom stereocenters. The SMILES string of the molecule is NCc1cc(C(F)(F)F)nn1N=C(N)c1ccccc1. The van der Waals surface area contributed by atoms with Crippen LogP contribution in [0.2, 0.25) is 0 Å². The van der Waals surface area contributed by atoms with E-state index in [1.54, 1.807) is 30.3 Å². The number of rotatable bonds is 3. The van der Waals surface area contributed by atoms with Crippen molar-refractivity contribution in [2.24, 2.45) is 16.6 Å². The Labute approximate surface area is 112 Å². The predicted octanol–water partition coefficient (Wildman–Crippen LogP) is 1.53. The smallest absolute Gasteiger partial charge is 0.382 e. The maximum Gasteiger partial charge on any atom is 0.435 e. The van der Waals surface area contributed by atoms with Gasteiger partial charge in [0.25, 0.3) is 0 Å². The van der Waals surface area contributed by atoms with Gasteiger partial charge in [-0.3, -0.25) is 0 Å². The maximum absolute atomic E-state index is 12.6. The first kappa shape index (κ1) is 14.1. The van der Waals surface area contributed by atoms with E-state index < -0.39 is 11.9 Å². The molecule has 0 unspecified atom stereocenters. The van der Waals surface area contributed by atoms with Crippen molar-refractivity contribution in [3.05, 3.63) is 53.3 Å². The first-order chi connectivity index (χ1) is 9.41. The van der Waals surface area contributed by atoms with Crippen LogP contribution in [0, 0.1) is 0 Å². The van der Waals surface area contributed by atoms with Gasteiger partial charge in [-0.15, -0.1) is 10.2 Å². The Bertz CT molecular complexity index is 616. The second-order valence-corrected chi connectivity index (χ2v) is 3.96. The predicted molar refractivity (Wildman–Crippen MR) is 67.7 cm³/mol. The third-order valence-electron chi connectivity index (χ3n) is 2.53. The summed E-state index contributed by atoms with van der Waals surface area (Å²) in [6, 6.07) is 9.50. The van der Waals surface area contributed by atoms with Gasteiger partial charge in [0, 0.05) is 12.1 Å². The van der Waals surface area contributed by atoms with Crippen LogP contribution in [0.5, 0.6) is 0 Å². The van der Waals surface area contributed by atoms with Gasteiger partial charge in [0.1, 0.15) is 0 Å². The van der Waals surface area contributed by atoms with E-state index in [1.807, 2.05) is 0 Å². The van der Waals surface area contributed by atoms with E-state index >= 15 is 0 Å². The molecule has 0 saturated carbocycles. The Morgan fingerprint density at radius 3 is 2.45 bits per heavy atom. The van der Waals surface area contributed by atoms with Crippen molar-refractivity contribution in [1.29, 1.82) is 0 Å². The van der Waals surface area contributed by atoms with Gasteiger partial charge in [-0.1, -0.05) is 30.3 Å². The Balaban J connectivity index is 2.40. The van der Waals surface area contributed by atoms with Crippen LogP contribution in [-0.4, -0.2) is 15.7 Å². The van der Waals surface area contributed by atoms with E-state index in [-0.39, 0.29) is 18.1 Å². The normalized spacial score (nSPS) is 12.7. The topological polar surface area (TPSA) is 82.2 Å². The minimum atomic E-state index is -4.55. The summed E-state index contributed by atoms with van der Waals surface area (Å²) in [5.41, 5.74) is 10.8. The number of hydrogen-bond acceptors (Lipinski definition) is 3. The zero-order valence-electron chi connectivity index (χ0n) is 10.3. The van der Waals surface area contributed by atoms with Crippen molar-refractivity contribution in [3.8, 4) is 0 Å². The number of halogens is 3. The summed E-state index contributed by atoms with van der Waals surface area (Å²) in [5, 5.41) is 7.22. The molecule has 0 aliphatic rings. The van der Waals surface area contributed by atoms with Crippen molar-refractivity contribution in [1.82, 2.24) is 9.89 Å². The van der Waals surface area contributed by atoms with Gasteiger partial charge in [0.15, 0.2) is 11.5 Å². The molecule has 0 aliphatic heterocycles. The summed E-state index contributed by atoms with van der Waals surface area (Å²) in [6.45, 7) is -0.130. The number of aromatic nitrogens is 2. The van der Waals surface area contributed by atoms with Crippen LogP contribution in [0.1, 0.15) is 17.0 Å². The first-order valence-electron chi connectivity index (χ1n) is 5.68. The van der Waals surface area contributed by atoms with Crippen LogP contribution >= 0.6 is 0 Å². The van der Waals surface area contributed by atoms with Gasteiger partial charge < -0.3 is 11.5 Å². The maximum atomic E-state index is 12.6. The molecule has 2 rings (SSSR count). The zero-order valence-corrected chi connectivity index (χ0v) is 10.3. The molecule has 0 spiro atoms. The zero-order chi connectivity index (χ0) is 14.8. The molecule has 0 amide bonds. The van der Waals surface area contributed by atoms with Gasteiger partial charge in [-0.2, -0.15) is 18.0 Å². The van der Waals surface area contributed by atoms with Gasteiger partial charge in [-0.05, 0) is 6.07 Å².